The minimum absolute atomic E-state index is 0.0185. The van der Waals surface area contributed by atoms with Crippen molar-refractivity contribution in [3.05, 3.63) is 113 Å². The second-order valence-electron chi connectivity index (χ2n) is 9.02. The number of rotatable bonds is 6. The predicted octanol–water partition coefficient (Wildman–Crippen LogP) is 6.02. The van der Waals surface area contributed by atoms with Crippen molar-refractivity contribution in [2.75, 3.05) is 11.9 Å². The molecule has 1 aliphatic heterocycles. The van der Waals surface area contributed by atoms with Gasteiger partial charge in [0, 0.05) is 48.3 Å². The van der Waals surface area contributed by atoms with E-state index in [2.05, 4.69) is 5.32 Å². The van der Waals surface area contributed by atoms with Crippen LogP contribution < -0.4 is 5.32 Å². The number of carbonyl (C=O) groups excluding carboxylic acids is 2. The average Bonchev–Trinajstić information content (AvgIpc) is 3.31. The van der Waals surface area contributed by atoms with Gasteiger partial charge in [0.25, 0.3) is 5.91 Å². The molecule has 0 aliphatic carbocycles. The molecule has 0 spiro atoms. The quantitative estimate of drug-likeness (QED) is 0.379. The fourth-order valence-electron chi connectivity index (χ4n) is 4.49. The van der Waals surface area contributed by atoms with Crippen LogP contribution in [-0.2, 0) is 24.2 Å². The molecular weight excluding hydrogens is 436 g/mol. The van der Waals surface area contributed by atoms with Gasteiger partial charge >= 0.3 is 0 Å². The summed E-state index contributed by atoms with van der Waals surface area (Å²) in [5.74, 6) is 1.70. The second-order valence-corrected chi connectivity index (χ2v) is 9.02. The van der Waals surface area contributed by atoms with Gasteiger partial charge in [-0.2, -0.15) is 0 Å². The molecule has 5 heteroatoms. The molecule has 4 aromatic rings. The van der Waals surface area contributed by atoms with Crippen molar-refractivity contribution in [3.63, 3.8) is 0 Å². The van der Waals surface area contributed by atoms with Gasteiger partial charge in [0.2, 0.25) is 5.91 Å². The molecule has 35 heavy (non-hydrogen) atoms. The van der Waals surface area contributed by atoms with Gasteiger partial charge in [-0.3, -0.25) is 9.59 Å². The second kappa shape index (κ2) is 10.0. The van der Waals surface area contributed by atoms with Crippen molar-refractivity contribution in [2.45, 2.75) is 32.7 Å². The molecule has 0 saturated carbocycles. The summed E-state index contributed by atoms with van der Waals surface area (Å²) in [6.07, 6.45) is 1.81. The lowest BCUT2D eigenvalue weighted by Gasteiger charge is -2.26. The van der Waals surface area contributed by atoms with Crippen molar-refractivity contribution >= 4 is 17.5 Å². The van der Waals surface area contributed by atoms with Crippen LogP contribution in [0.1, 0.15) is 39.2 Å². The van der Waals surface area contributed by atoms with Gasteiger partial charge in [-0.15, -0.1) is 0 Å². The fourth-order valence-corrected chi connectivity index (χ4v) is 4.49. The zero-order chi connectivity index (χ0) is 24.2. The summed E-state index contributed by atoms with van der Waals surface area (Å²) in [6.45, 7) is 3.15. The summed E-state index contributed by atoms with van der Waals surface area (Å²) < 4.78 is 6.16. The summed E-state index contributed by atoms with van der Waals surface area (Å²) in [4.78, 5) is 27.3. The molecule has 0 unspecified atom stereocenters. The van der Waals surface area contributed by atoms with E-state index in [4.69, 9.17) is 4.42 Å². The zero-order valence-corrected chi connectivity index (χ0v) is 19.8. The first-order chi connectivity index (χ1) is 17.0. The van der Waals surface area contributed by atoms with Crippen LogP contribution in [0.25, 0.3) is 11.3 Å². The Labute approximate surface area is 205 Å². The molecule has 0 atom stereocenters. The number of anilines is 1. The Hall–Kier alpha value is -4.12. The summed E-state index contributed by atoms with van der Waals surface area (Å²) in [5, 5.41) is 3.00. The third-order valence-electron chi connectivity index (χ3n) is 6.33. The van der Waals surface area contributed by atoms with Gasteiger partial charge in [-0.1, -0.05) is 60.2 Å². The number of furan rings is 1. The Bertz CT molecular complexity index is 1360. The Morgan fingerprint density at radius 3 is 2.60 bits per heavy atom. The number of nitrogens with zero attached hydrogens (tertiary/aromatic N) is 1. The molecule has 0 saturated heterocycles. The molecule has 5 rings (SSSR count). The highest BCUT2D eigenvalue weighted by molar-refractivity contribution is 5.94. The van der Waals surface area contributed by atoms with Crippen LogP contribution in [0, 0.1) is 6.92 Å². The summed E-state index contributed by atoms with van der Waals surface area (Å²) in [6, 6.07) is 27.4. The van der Waals surface area contributed by atoms with Crippen LogP contribution in [0.15, 0.2) is 89.3 Å². The Balaban J connectivity index is 1.25. The van der Waals surface area contributed by atoms with Crippen molar-refractivity contribution in [3.8, 4) is 11.3 Å². The topological polar surface area (TPSA) is 62.6 Å². The van der Waals surface area contributed by atoms with Gasteiger partial charge in [-0.25, -0.2) is 0 Å². The van der Waals surface area contributed by atoms with E-state index in [1.165, 1.54) is 0 Å². The minimum Gasteiger partial charge on any atom is -0.461 e. The van der Waals surface area contributed by atoms with E-state index in [0.29, 0.717) is 37.9 Å². The highest BCUT2D eigenvalue weighted by Crippen LogP contribution is 2.31. The molecule has 5 nitrogen and oxygen atoms in total. The highest BCUT2D eigenvalue weighted by Gasteiger charge is 2.25. The number of hydrogen-bond acceptors (Lipinski definition) is 3. The number of fused-ring (bicyclic) bond motifs is 1. The first-order valence-corrected chi connectivity index (χ1v) is 12.0. The van der Waals surface area contributed by atoms with Crippen LogP contribution in [0.2, 0.25) is 0 Å². The first-order valence-electron chi connectivity index (χ1n) is 12.0. The minimum atomic E-state index is -0.0185. The largest absolute Gasteiger partial charge is 0.461 e. The van der Waals surface area contributed by atoms with E-state index < -0.39 is 0 Å². The van der Waals surface area contributed by atoms with E-state index in [9.17, 15) is 9.59 Å². The lowest BCUT2D eigenvalue weighted by atomic mass is 10.1. The van der Waals surface area contributed by atoms with Crippen molar-refractivity contribution in [2.24, 2.45) is 0 Å². The Kier molecular flexibility index (Phi) is 6.49. The van der Waals surface area contributed by atoms with Crippen molar-refractivity contribution in [1.29, 1.82) is 0 Å². The number of aryl methyl sites for hydroxylation is 2. The summed E-state index contributed by atoms with van der Waals surface area (Å²) in [5.41, 5.74) is 5.61. The molecule has 1 aromatic heterocycles. The van der Waals surface area contributed by atoms with Crippen LogP contribution in [0.3, 0.4) is 0 Å². The molecule has 1 N–H and O–H groups in total. The molecule has 176 valence electrons. The number of benzene rings is 3. The predicted molar refractivity (Wildman–Crippen MR) is 137 cm³/mol. The third kappa shape index (κ3) is 5.35. The molecule has 2 amide bonds. The maximum Gasteiger partial charge on any atom is 0.254 e. The standard InChI is InChI=1S/C30H28N2O3/c1-21-7-5-11-24(17-21)30(34)32-16-15-27-25(20-32)19-28(35-27)23-10-6-12-26(18-23)31-29(33)14-13-22-8-3-2-4-9-22/h2-12,17-19H,13-16,20H2,1H3,(H,31,33). The number of hydrogen-bond donors (Lipinski definition) is 1. The number of amides is 2. The van der Waals surface area contributed by atoms with Gasteiger partial charge < -0.3 is 14.6 Å². The molecule has 0 bridgehead atoms. The molecule has 3 aromatic carbocycles. The van der Waals surface area contributed by atoms with E-state index >= 15 is 0 Å². The Morgan fingerprint density at radius 2 is 1.77 bits per heavy atom. The third-order valence-corrected chi connectivity index (χ3v) is 6.33. The lowest BCUT2D eigenvalue weighted by molar-refractivity contribution is -0.116. The molecule has 0 fully saturated rings. The van der Waals surface area contributed by atoms with E-state index in [1.807, 2.05) is 96.8 Å². The summed E-state index contributed by atoms with van der Waals surface area (Å²) >= 11 is 0. The number of nitrogens with one attached hydrogen (secondary N) is 1. The SMILES string of the molecule is Cc1cccc(C(=O)N2CCc3oc(-c4cccc(NC(=O)CCc5ccccc5)c4)cc3C2)c1. The Morgan fingerprint density at radius 1 is 0.943 bits per heavy atom. The maximum atomic E-state index is 13.0. The van der Waals surface area contributed by atoms with Crippen LogP contribution >= 0.6 is 0 Å². The van der Waals surface area contributed by atoms with E-state index in [0.717, 1.165) is 39.5 Å². The zero-order valence-electron chi connectivity index (χ0n) is 19.8. The molecule has 2 heterocycles. The van der Waals surface area contributed by atoms with Gasteiger partial charge in [0.05, 0.1) is 0 Å². The van der Waals surface area contributed by atoms with Crippen LogP contribution in [0.4, 0.5) is 5.69 Å². The normalized spacial score (nSPS) is 12.8. The monoisotopic (exact) mass is 464 g/mol. The van der Waals surface area contributed by atoms with Crippen molar-refractivity contribution < 1.29 is 14.0 Å². The van der Waals surface area contributed by atoms with Gasteiger partial charge in [-0.05, 0) is 49.2 Å². The smallest absolute Gasteiger partial charge is 0.254 e. The van der Waals surface area contributed by atoms with E-state index in [-0.39, 0.29) is 11.8 Å². The molecule has 0 radical (unpaired) electrons. The van der Waals surface area contributed by atoms with Gasteiger partial charge in [0.15, 0.2) is 0 Å². The summed E-state index contributed by atoms with van der Waals surface area (Å²) in [7, 11) is 0. The highest BCUT2D eigenvalue weighted by atomic mass is 16.3. The fraction of sp³-hybridized carbons (Fsp3) is 0.200. The molecular formula is C30H28N2O3. The number of carbonyl (C=O) groups is 2. The molecule has 1 aliphatic rings. The average molecular weight is 465 g/mol. The van der Waals surface area contributed by atoms with Crippen molar-refractivity contribution in [1.82, 2.24) is 4.90 Å². The van der Waals surface area contributed by atoms with Gasteiger partial charge in [0.1, 0.15) is 11.5 Å². The van der Waals surface area contributed by atoms with Crippen LogP contribution in [0.5, 0.6) is 0 Å². The van der Waals surface area contributed by atoms with Crippen LogP contribution in [-0.4, -0.2) is 23.3 Å². The first kappa shape index (κ1) is 22.7. The maximum absolute atomic E-state index is 13.0. The lowest BCUT2D eigenvalue weighted by Crippen LogP contribution is -2.35. The van der Waals surface area contributed by atoms with E-state index in [1.54, 1.807) is 0 Å².